The van der Waals surface area contributed by atoms with Gasteiger partial charge in [-0.3, -0.25) is 25.2 Å². The van der Waals surface area contributed by atoms with E-state index in [1.807, 2.05) is 12.1 Å². The molecule has 2 fully saturated rings. The zero-order valence-electron chi connectivity index (χ0n) is 19.2. The van der Waals surface area contributed by atoms with Crippen LogP contribution in [0.3, 0.4) is 0 Å². The smallest absolute Gasteiger partial charge is 0.328 e. The molecule has 0 atom stereocenters. The van der Waals surface area contributed by atoms with Crippen LogP contribution in [0, 0.1) is 0 Å². The Balaban J connectivity index is 1.16. The fraction of sp³-hybridized carbons (Fsp3) is 0.160. The highest BCUT2D eigenvalue weighted by molar-refractivity contribution is 6.24. The molecule has 0 aliphatic carbocycles. The topological polar surface area (TPSA) is 152 Å². The number of aromatic nitrogens is 4. The summed E-state index contributed by atoms with van der Waals surface area (Å²) in [6.07, 6.45) is 4.10. The zero-order chi connectivity index (χ0) is 25.4. The summed E-state index contributed by atoms with van der Waals surface area (Å²) in [7, 11) is 0. The molecule has 1 spiro atoms. The van der Waals surface area contributed by atoms with Crippen LogP contribution in [0.1, 0.15) is 12.8 Å². The van der Waals surface area contributed by atoms with Crippen LogP contribution in [0.5, 0.6) is 11.6 Å². The summed E-state index contributed by atoms with van der Waals surface area (Å²) in [5.41, 5.74) is 0.427. The van der Waals surface area contributed by atoms with Gasteiger partial charge in [0.05, 0.1) is 11.9 Å². The standard InChI is InChI=1S/C25H19N7O5/c33-22-25(23(34)30-24(35)29-22)11-3-13-32(25)16-7-10-19(27-14-16)36-17-8-5-15(6-9-17)21-28-20(31-37-21)18-4-1-2-12-26-18/h1-2,4-10,12,14H,3,11,13H2,(H2,29,30,33,34,35). The third kappa shape index (κ3) is 3.93. The first-order valence-electron chi connectivity index (χ1n) is 11.5. The van der Waals surface area contributed by atoms with Gasteiger partial charge in [0.15, 0.2) is 5.54 Å². The Labute approximate surface area is 209 Å². The molecule has 1 aromatic carbocycles. The maximum Gasteiger partial charge on any atom is 0.328 e. The van der Waals surface area contributed by atoms with E-state index in [4.69, 9.17) is 9.26 Å². The van der Waals surface area contributed by atoms with Crippen molar-refractivity contribution in [2.75, 3.05) is 11.4 Å². The van der Waals surface area contributed by atoms with Gasteiger partial charge in [0, 0.05) is 24.4 Å². The number of nitrogens with one attached hydrogen (secondary N) is 2. The third-order valence-electron chi connectivity index (χ3n) is 6.26. The summed E-state index contributed by atoms with van der Waals surface area (Å²) in [5.74, 6) is 0.352. The first kappa shape index (κ1) is 22.3. The van der Waals surface area contributed by atoms with Crippen molar-refractivity contribution in [3.8, 4) is 34.6 Å². The van der Waals surface area contributed by atoms with Crippen molar-refractivity contribution in [2.45, 2.75) is 18.4 Å². The number of hydrogen-bond acceptors (Lipinski definition) is 10. The first-order chi connectivity index (χ1) is 18.0. The number of pyridine rings is 2. The van der Waals surface area contributed by atoms with Crippen molar-refractivity contribution in [3.63, 3.8) is 0 Å². The summed E-state index contributed by atoms with van der Waals surface area (Å²) in [5, 5.41) is 8.37. The van der Waals surface area contributed by atoms with Crippen molar-refractivity contribution in [1.82, 2.24) is 30.7 Å². The number of hydrogen-bond donors (Lipinski definition) is 2. The summed E-state index contributed by atoms with van der Waals surface area (Å²) in [4.78, 5) is 51.4. The number of imide groups is 2. The number of ether oxygens (including phenoxy) is 1. The molecule has 2 N–H and O–H groups in total. The SMILES string of the molecule is O=C1NC(=O)C2(CCCN2c2ccc(Oc3ccc(-c4nc(-c5ccccn5)no4)cc3)nc2)C(=O)N1. The van der Waals surface area contributed by atoms with Crippen LogP contribution in [0.4, 0.5) is 10.5 Å². The van der Waals surface area contributed by atoms with Gasteiger partial charge >= 0.3 is 6.03 Å². The number of barbiturate groups is 1. The molecule has 12 heteroatoms. The van der Waals surface area contributed by atoms with Gasteiger partial charge in [0.25, 0.3) is 17.7 Å². The lowest BCUT2D eigenvalue weighted by molar-refractivity contribution is -0.137. The minimum absolute atomic E-state index is 0.298. The van der Waals surface area contributed by atoms with Crippen molar-refractivity contribution < 1.29 is 23.6 Å². The molecular weight excluding hydrogens is 478 g/mol. The maximum atomic E-state index is 12.6. The van der Waals surface area contributed by atoms with Crippen LogP contribution >= 0.6 is 0 Å². The van der Waals surface area contributed by atoms with E-state index in [0.717, 1.165) is 0 Å². The van der Waals surface area contributed by atoms with Crippen LogP contribution in [0.2, 0.25) is 0 Å². The Morgan fingerprint density at radius 2 is 1.76 bits per heavy atom. The second kappa shape index (κ2) is 8.82. The molecule has 37 heavy (non-hydrogen) atoms. The number of carbonyl (C=O) groups is 3. The van der Waals surface area contributed by atoms with Crippen molar-refractivity contribution in [3.05, 3.63) is 67.0 Å². The maximum absolute atomic E-state index is 12.6. The molecule has 0 radical (unpaired) electrons. The van der Waals surface area contributed by atoms with E-state index in [-0.39, 0.29) is 0 Å². The summed E-state index contributed by atoms with van der Waals surface area (Å²) >= 11 is 0. The minimum Gasteiger partial charge on any atom is -0.439 e. The Hall–Kier alpha value is -5.13. The van der Waals surface area contributed by atoms with E-state index >= 15 is 0 Å². The Morgan fingerprint density at radius 3 is 2.46 bits per heavy atom. The molecule has 5 heterocycles. The van der Waals surface area contributed by atoms with Crippen LogP contribution in [-0.4, -0.2) is 50.0 Å². The van der Waals surface area contributed by atoms with Gasteiger partial charge in [-0.1, -0.05) is 11.2 Å². The van der Waals surface area contributed by atoms with Gasteiger partial charge in [0.2, 0.25) is 11.7 Å². The van der Waals surface area contributed by atoms with Crippen molar-refractivity contribution in [1.29, 1.82) is 0 Å². The Morgan fingerprint density at radius 1 is 0.946 bits per heavy atom. The number of carbonyl (C=O) groups excluding carboxylic acids is 3. The normalized spacial score (nSPS) is 16.5. The predicted molar refractivity (Wildman–Crippen MR) is 128 cm³/mol. The van der Waals surface area contributed by atoms with E-state index < -0.39 is 23.4 Å². The second-order valence-corrected chi connectivity index (χ2v) is 8.47. The highest BCUT2D eigenvalue weighted by atomic mass is 16.5. The monoisotopic (exact) mass is 497 g/mol. The molecule has 4 aromatic rings. The number of nitrogens with zero attached hydrogens (tertiary/aromatic N) is 5. The zero-order valence-corrected chi connectivity index (χ0v) is 19.2. The average Bonchev–Trinajstić information content (AvgIpc) is 3.58. The molecule has 0 saturated carbocycles. The molecule has 184 valence electrons. The van der Waals surface area contributed by atoms with Crippen LogP contribution < -0.4 is 20.3 Å². The highest BCUT2D eigenvalue weighted by Crippen LogP contribution is 2.36. The van der Waals surface area contributed by atoms with Gasteiger partial charge in [-0.15, -0.1) is 0 Å². The van der Waals surface area contributed by atoms with Gasteiger partial charge < -0.3 is 14.2 Å². The summed E-state index contributed by atoms with van der Waals surface area (Å²) in [6.45, 7) is 0.468. The van der Waals surface area contributed by atoms with E-state index in [1.165, 1.54) is 6.20 Å². The lowest BCUT2D eigenvalue weighted by Gasteiger charge is -2.38. The van der Waals surface area contributed by atoms with Gasteiger partial charge in [-0.05, 0) is 55.3 Å². The number of benzene rings is 1. The molecule has 2 aliphatic heterocycles. The van der Waals surface area contributed by atoms with Gasteiger partial charge in [-0.25, -0.2) is 9.78 Å². The number of anilines is 1. The van der Waals surface area contributed by atoms with Gasteiger partial charge in [0.1, 0.15) is 11.4 Å². The van der Waals surface area contributed by atoms with Crippen molar-refractivity contribution in [2.24, 2.45) is 0 Å². The fourth-order valence-electron chi connectivity index (χ4n) is 4.51. The molecule has 4 amide bonds. The third-order valence-corrected chi connectivity index (χ3v) is 6.26. The molecular formula is C25H19N7O5. The van der Waals surface area contributed by atoms with Crippen LogP contribution in [0.25, 0.3) is 23.0 Å². The Kier molecular flexibility index (Phi) is 5.33. The number of rotatable bonds is 5. The lowest BCUT2D eigenvalue weighted by atomic mass is 9.92. The first-order valence-corrected chi connectivity index (χ1v) is 11.5. The molecule has 2 aliphatic rings. The molecule has 2 saturated heterocycles. The minimum atomic E-state index is -1.47. The largest absolute Gasteiger partial charge is 0.439 e. The number of amides is 4. The molecule has 6 rings (SSSR count). The quantitative estimate of drug-likeness (QED) is 0.394. The van der Waals surface area contributed by atoms with E-state index in [0.29, 0.717) is 59.7 Å². The molecule has 12 nitrogen and oxygen atoms in total. The van der Waals surface area contributed by atoms with E-state index in [9.17, 15) is 14.4 Å². The van der Waals surface area contributed by atoms with Crippen LogP contribution in [-0.2, 0) is 9.59 Å². The molecule has 0 unspecified atom stereocenters. The number of urea groups is 1. The van der Waals surface area contributed by atoms with Gasteiger partial charge in [-0.2, -0.15) is 4.98 Å². The average molecular weight is 497 g/mol. The Bertz CT molecular complexity index is 1470. The van der Waals surface area contributed by atoms with Crippen molar-refractivity contribution >= 4 is 23.5 Å². The molecule has 0 bridgehead atoms. The molecule has 3 aromatic heterocycles. The summed E-state index contributed by atoms with van der Waals surface area (Å²) < 4.78 is 11.2. The fourth-order valence-corrected chi connectivity index (χ4v) is 4.51. The van der Waals surface area contributed by atoms with E-state index in [2.05, 4.69) is 30.7 Å². The predicted octanol–water partition coefficient (Wildman–Crippen LogP) is 2.69. The van der Waals surface area contributed by atoms with E-state index in [1.54, 1.807) is 53.6 Å². The second-order valence-electron chi connectivity index (χ2n) is 8.47. The lowest BCUT2D eigenvalue weighted by Crippen LogP contribution is -2.71. The summed E-state index contributed by atoms with van der Waals surface area (Å²) in [6, 6.07) is 15.1. The van der Waals surface area contributed by atoms with Crippen LogP contribution in [0.15, 0.2) is 71.5 Å². The highest BCUT2D eigenvalue weighted by Gasteiger charge is 2.57.